The van der Waals surface area contributed by atoms with E-state index in [2.05, 4.69) is 15.0 Å². The standard InChI is InChI=1S/C28H22F4N4O/c1-17(2)26-34-23-15-33-25(19-9-6-10-20(13-19)28(30,31)32)35-27(23)36(26)24-12-11-21(14-22(24)29)37-16-18-7-4-3-5-8-18/h3-15,17H,16H2,1-2H3. The highest BCUT2D eigenvalue weighted by molar-refractivity contribution is 5.76. The second-order valence-corrected chi connectivity index (χ2v) is 8.83. The molecule has 0 N–H and O–H groups in total. The lowest BCUT2D eigenvalue weighted by Gasteiger charge is -2.14. The Hall–Kier alpha value is -4.27. The van der Waals surface area contributed by atoms with E-state index in [-0.39, 0.29) is 23.0 Å². The predicted octanol–water partition coefficient (Wildman–Crippen LogP) is 7.34. The van der Waals surface area contributed by atoms with Crippen LogP contribution in [-0.4, -0.2) is 19.5 Å². The molecule has 5 nitrogen and oxygen atoms in total. The van der Waals surface area contributed by atoms with E-state index in [1.165, 1.54) is 24.4 Å². The van der Waals surface area contributed by atoms with Gasteiger partial charge < -0.3 is 4.74 Å². The van der Waals surface area contributed by atoms with Gasteiger partial charge in [-0.2, -0.15) is 13.2 Å². The fourth-order valence-corrected chi connectivity index (χ4v) is 3.99. The predicted molar refractivity (Wildman–Crippen MR) is 132 cm³/mol. The Morgan fingerprint density at radius 2 is 1.70 bits per heavy atom. The molecule has 37 heavy (non-hydrogen) atoms. The van der Waals surface area contributed by atoms with Crippen LogP contribution in [0.2, 0.25) is 0 Å². The molecule has 0 fully saturated rings. The van der Waals surface area contributed by atoms with Crippen LogP contribution < -0.4 is 4.74 Å². The van der Waals surface area contributed by atoms with E-state index in [1.807, 2.05) is 44.2 Å². The van der Waals surface area contributed by atoms with E-state index in [0.717, 1.165) is 17.7 Å². The number of hydrogen-bond acceptors (Lipinski definition) is 4. The van der Waals surface area contributed by atoms with Gasteiger partial charge in [0.25, 0.3) is 0 Å². The van der Waals surface area contributed by atoms with Crippen molar-refractivity contribution < 1.29 is 22.3 Å². The van der Waals surface area contributed by atoms with Gasteiger partial charge in [0.1, 0.15) is 23.7 Å². The minimum absolute atomic E-state index is 0.0817. The Balaban J connectivity index is 1.56. The van der Waals surface area contributed by atoms with Crippen molar-refractivity contribution in [2.24, 2.45) is 0 Å². The normalized spacial score (nSPS) is 11.9. The second kappa shape index (κ2) is 9.65. The fourth-order valence-electron chi connectivity index (χ4n) is 3.99. The molecule has 2 heterocycles. The highest BCUT2D eigenvalue weighted by atomic mass is 19.4. The first-order valence-corrected chi connectivity index (χ1v) is 11.6. The van der Waals surface area contributed by atoms with Gasteiger partial charge in [0.2, 0.25) is 0 Å². The summed E-state index contributed by atoms with van der Waals surface area (Å²) < 4.78 is 62.5. The lowest BCUT2D eigenvalue weighted by molar-refractivity contribution is -0.137. The zero-order chi connectivity index (χ0) is 26.2. The van der Waals surface area contributed by atoms with Crippen LogP contribution in [0.3, 0.4) is 0 Å². The van der Waals surface area contributed by atoms with E-state index in [1.54, 1.807) is 16.7 Å². The average Bonchev–Trinajstić information content (AvgIpc) is 3.27. The highest BCUT2D eigenvalue weighted by Crippen LogP contribution is 2.33. The molecule has 0 aliphatic carbocycles. The van der Waals surface area contributed by atoms with Crippen molar-refractivity contribution in [2.45, 2.75) is 32.5 Å². The molecule has 0 saturated heterocycles. The number of rotatable bonds is 6. The smallest absolute Gasteiger partial charge is 0.416 e. The molecule has 5 aromatic rings. The van der Waals surface area contributed by atoms with Crippen molar-refractivity contribution >= 4 is 11.2 Å². The van der Waals surface area contributed by atoms with Crippen LogP contribution in [0.15, 0.2) is 79.0 Å². The molecule has 2 aromatic heterocycles. The van der Waals surface area contributed by atoms with Crippen molar-refractivity contribution in [1.82, 2.24) is 19.5 Å². The van der Waals surface area contributed by atoms with Crippen LogP contribution in [-0.2, 0) is 12.8 Å². The molecule has 5 rings (SSSR count). The lowest BCUT2D eigenvalue weighted by Crippen LogP contribution is -2.07. The molecule has 3 aromatic carbocycles. The van der Waals surface area contributed by atoms with Crippen molar-refractivity contribution in [3.63, 3.8) is 0 Å². The minimum atomic E-state index is -4.50. The Morgan fingerprint density at radius 3 is 2.41 bits per heavy atom. The summed E-state index contributed by atoms with van der Waals surface area (Å²) in [5.74, 6) is 0.339. The first-order valence-electron chi connectivity index (χ1n) is 11.6. The van der Waals surface area contributed by atoms with E-state index in [0.29, 0.717) is 29.3 Å². The number of alkyl halides is 3. The zero-order valence-corrected chi connectivity index (χ0v) is 20.0. The zero-order valence-electron chi connectivity index (χ0n) is 20.0. The summed E-state index contributed by atoms with van der Waals surface area (Å²) in [6.45, 7) is 4.11. The number of benzene rings is 3. The van der Waals surface area contributed by atoms with Gasteiger partial charge in [0.15, 0.2) is 17.3 Å². The molecule has 0 saturated carbocycles. The van der Waals surface area contributed by atoms with Crippen LogP contribution in [0.25, 0.3) is 28.2 Å². The average molecular weight is 507 g/mol. The second-order valence-electron chi connectivity index (χ2n) is 8.83. The molecular weight excluding hydrogens is 484 g/mol. The van der Waals surface area contributed by atoms with Crippen molar-refractivity contribution in [3.05, 3.63) is 102 Å². The number of nitrogens with zero attached hydrogens (tertiary/aromatic N) is 4. The monoisotopic (exact) mass is 506 g/mol. The maximum absolute atomic E-state index is 15.4. The molecule has 0 atom stereocenters. The minimum Gasteiger partial charge on any atom is -0.489 e. The van der Waals surface area contributed by atoms with Gasteiger partial charge in [0, 0.05) is 17.5 Å². The van der Waals surface area contributed by atoms with Crippen LogP contribution in [0, 0.1) is 5.82 Å². The molecule has 0 radical (unpaired) electrons. The SMILES string of the molecule is CC(C)c1nc2cnc(-c3cccc(C(F)(F)F)c3)nc2n1-c1ccc(OCc2ccccc2)cc1F. The summed E-state index contributed by atoms with van der Waals surface area (Å²) in [5, 5.41) is 0. The van der Waals surface area contributed by atoms with Gasteiger partial charge in [-0.25, -0.2) is 19.3 Å². The van der Waals surface area contributed by atoms with E-state index in [9.17, 15) is 13.2 Å². The van der Waals surface area contributed by atoms with Crippen molar-refractivity contribution in [1.29, 1.82) is 0 Å². The Kier molecular flexibility index (Phi) is 6.37. The summed E-state index contributed by atoms with van der Waals surface area (Å²) in [4.78, 5) is 13.3. The van der Waals surface area contributed by atoms with Crippen LogP contribution >= 0.6 is 0 Å². The Morgan fingerprint density at radius 1 is 0.919 bits per heavy atom. The number of hydrogen-bond donors (Lipinski definition) is 0. The Labute approximate surface area is 210 Å². The largest absolute Gasteiger partial charge is 0.489 e. The summed E-state index contributed by atoms with van der Waals surface area (Å²) in [6, 6.07) is 18.8. The van der Waals surface area contributed by atoms with Gasteiger partial charge >= 0.3 is 6.18 Å². The van der Waals surface area contributed by atoms with Crippen LogP contribution in [0.4, 0.5) is 17.6 Å². The molecule has 188 valence electrons. The van der Waals surface area contributed by atoms with Crippen LogP contribution in [0.5, 0.6) is 5.75 Å². The van der Waals surface area contributed by atoms with Crippen molar-refractivity contribution in [2.75, 3.05) is 0 Å². The quantitative estimate of drug-likeness (QED) is 0.226. The molecule has 9 heteroatoms. The molecule has 0 amide bonds. The summed E-state index contributed by atoms with van der Waals surface area (Å²) in [5.41, 5.74) is 1.24. The number of imidazole rings is 1. The highest BCUT2D eigenvalue weighted by Gasteiger charge is 2.30. The van der Waals surface area contributed by atoms with Crippen LogP contribution in [0.1, 0.15) is 36.7 Å². The maximum atomic E-state index is 15.4. The number of aromatic nitrogens is 4. The molecule has 0 aliphatic heterocycles. The third-order valence-corrected chi connectivity index (χ3v) is 5.80. The van der Waals surface area contributed by atoms with Gasteiger partial charge in [-0.1, -0.05) is 56.3 Å². The third-order valence-electron chi connectivity index (χ3n) is 5.80. The number of fused-ring (bicyclic) bond motifs is 1. The molecule has 0 aliphatic rings. The summed E-state index contributed by atoms with van der Waals surface area (Å²) in [6.07, 6.45) is -3.06. The first-order chi connectivity index (χ1) is 17.7. The first kappa shape index (κ1) is 24.4. The van der Waals surface area contributed by atoms with E-state index >= 15 is 4.39 Å². The van der Waals surface area contributed by atoms with Crippen molar-refractivity contribution in [3.8, 4) is 22.8 Å². The molecule has 0 unspecified atom stereocenters. The summed E-state index contributed by atoms with van der Waals surface area (Å²) in [7, 11) is 0. The summed E-state index contributed by atoms with van der Waals surface area (Å²) >= 11 is 0. The molecular formula is C28H22F4N4O. The van der Waals surface area contributed by atoms with E-state index < -0.39 is 17.6 Å². The molecule has 0 bridgehead atoms. The topological polar surface area (TPSA) is 52.8 Å². The van der Waals surface area contributed by atoms with Gasteiger partial charge in [-0.15, -0.1) is 0 Å². The number of ether oxygens (including phenoxy) is 1. The van der Waals surface area contributed by atoms with Gasteiger partial charge in [-0.05, 0) is 29.8 Å². The number of halogens is 4. The van der Waals surface area contributed by atoms with Gasteiger partial charge in [-0.3, -0.25) is 4.57 Å². The Bertz CT molecular complexity index is 1560. The maximum Gasteiger partial charge on any atom is 0.416 e. The fraction of sp³-hybridized carbons (Fsp3) is 0.179. The molecule has 0 spiro atoms. The van der Waals surface area contributed by atoms with Gasteiger partial charge in [0.05, 0.1) is 17.4 Å². The van der Waals surface area contributed by atoms with E-state index in [4.69, 9.17) is 4.74 Å². The lowest BCUT2D eigenvalue weighted by atomic mass is 10.1. The third kappa shape index (κ3) is 5.02.